The van der Waals surface area contributed by atoms with E-state index in [1.807, 2.05) is 0 Å². The molecule has 2 aromatic heterocycles. The molecule has 5 nitrogen and oxygen atoms in total. The minimum atomic E-state index is -4.77. The first-order valence-corrected chi connectivity index (χ1v) is 8.47. The van der Waals surface area contributed by atoms with E-state index in [0.29, 0.717) is 12.1 Å². The molecular weight excluding hydrogens is 440 g/mol. The second-order valence-electron chi connectivity index (χ2n) is 6.13. The van der Waals surface area contributed by atoms with Crippen LogP contribution in [0.2, 0.25) is 5.02 Å². The van der Waals surface area contributed by atoms with Crippen molar-refractivity contribution in [3.05, 3.63) is 46.7 Å². The third-order valence-electron chi connectivity index (χ3n) is 4.21. The van der Waals surface area contributed by atoms with Gasteiger partial charge < -0.3 is 9.84 Å². The van der Waals surface area contributed by atoms with E-state index in [-0.39, 0.29) is 28.3 Å². The summed E-state index contributed by atoms with van der Waals surface area (Å²) in [6, 6.07) is 3.57. The molecule has 1 aromatic carbocycles. The van der Waals surface area contributed by atoms with Crippen LogP contribution in [0, 0.1) is 0 Å². The lowest BCUT2D eigenvalue weighted by Gasteiger charge is -2.16. The molecule has 0 spiro atoms. The fraction of sp³-hybridized carbons (Fsp3) is 0.222. The SMILES string of the molecule is COc1cnc(-c2cc(C(F)(F)F)nn2C)c(O)c1-c1ccc(Cl)c(C(F)(F)F)c1. The number of rotatable bonds is 3. The van der Waals surface area contributed by atoms with E-state index in [1.54, 1.807) is 0 Å². The summed E-state index contributed by atoms with van der Waals surface area (Å²) in [6.07, 6.45) is -8.43. The van der Waals surface area contributed by atoms with Crippen LogP contribution in [0.4, 0.5) is 26.3 Å². The topological polar surface area (TPSA) is 60.2 Å². The van der Waals surface area contributed by atoms with Crippen LogP contribution in [-0.4, -0.2) is 27.0 Å². The van der Waals surface area contributed by atoms with Gasteiger partial charge in [-0.1, -0.05) is 17.7 Å². The molecule has 2 heterocycles. The summed E-state index contributed by atoms with van der Waals surface area (Å²) in [5.74, 6) is -0.772. The third kappa shape index (κ3) is 3.89. The van der Waals surface area contributed by atoms with Crippen LogP contribution in [0.15, 0.2) is 30.5 Å². The molecule has 0 radical (unpaired) electrons. The Labute approximate surface area is 170 Å². The molecule has 0 saturated heterocycles. The highest BCUT2D eigenvalue weighted by Crippen LogP contribution is 2.45. The van der Waals surface area contributed by atoms with E-state index >= 15 is 0 Å². The molecule has 0 bridgehead atoms. The molecule has 0 aliphatic carbocycles. The van der Waals surface area contributed by atoms with Crippen LogP contribution < -0.4 is 4.74 Å². The summed E-state index contributed by atoms with van der Waals surface area (Å²) < 4.78 is 84.5. The van der Waals surface area contributed by atoms with Gasteiger partial charge in [0.2, 0.25) is 0 Å². The number of methoxy groups -OCH3 is 1. The zero-order valence-corrected chi connectivity index (χ0v) is 16.0. The zero-order chi connectivity index (χ0) is 22.4. The number of hydrogen-bond donors (Lipinski definition) is 1. The fourth-order valence-corrected chi connectivity index (χ4v) is 3.06. The second-order valence-corrected chi connectivity index (χ2v) is 6.53. The van der Waals surface area contributed by atoms with Crippen LogP contribution in [-0.2, 0) is 19.4 Å². The maximum absolute atomic E-state index is 13.2. The van der Waals surface area contributed by atoms with Crippen molar-refractivity contribution >= 4 is 11.6 Å². The molecule has 0 atom stereocenters. The van der Waals surface area contributed by atoms with Gasteiger partial charge in [-0.05, 0) is 23.8 Å². The van der Waals surface area contributed by atoms with Crippen LogP contribution >= 0.6 is 11.6 Å². The first-order valence-electron chi connectivity index (χ1n) is 8.09. The monoisotopic (exact) mass is 451 g/mol. The maximum Gasteiger partial charge on any atom is 0.435 e. The summed E-state index contributed by atoms with van der Waals surface area (Å²) in [6.45, 7) is 0. The van der Waals surface area contributed by atoms with E-state index in [1.165, 1.54) is 20.2 Å². The number of aryl methyl sites for hydroxylation is 1. The Bertz CT molecular complexity index is 1110. The van der Waals surface area contributed by atoms with E-state index in [0.717, 1.165) is 16.9 Å². The number of benzene rings is 1. The molecule has 30 heavy (non-hydrogen) atoms. The molecule has 3 rings (SSSR count). The van der Waals surface area contributed by atoms with Gasteiger partial charge in [-0.15, -0.1) is 0 Å². The van der Waals surface area contributed by atoms with Crippen molar-refractivity contribution in [1.29, 1.82) is 0 Å². The summed E-state index contributed by atoms with van der Waals surface area (Å²) in [4.78, 5) is 3.90. The van der Waals surface area contributed by atoms with Gasteiger partial charge in [-0.3, -0.25) is 4.68 Å². The van der Waals surface area contributed by atoms with Crippen molar-refractivity contribution in [2.24, 2.45) is 7.05 Å². The lowest BCUT2D eigenvalue weighted by atomic mass is 10.00. The lowest BCUT2D eigenvalue weighted by Crippen LogP contribution is -2.06. The Kier molecular flexibility index (Phi) is 5.35. The first kappa shape index (κ1) is 21.8. The molecule has 160 valence electrons. The minimum Gasteiger partial charge on any atom is -0.505 e. The molecule has 0 unspecified atom stereocenters. The van der Waals surface area contributed by atoms with Crippen molar-refractivity contribution in [3.8, 4) is 34.0 Å². The molecule has 0 fully saturated rings. The highest BCUT2D eigenvalue weighted by atomic mass is 35.5. The van der Waals surface area contributed by atoms with Crippen LogP contribution in [0.3, 0.4) is 0 Å². The minimum absolute atomic E-state index is 0.0927. The Hall–Kier alpha value is -2.95. The predicted molar refractivity (Wildman–Crippen MR) is 95.1 cm³/mol. The molecule has 12 heteroatoms. The van der Waals surface area contributed by atoms with Crippen LogP contribution in [0.25, 0.3) is 22.5 Å². The Morgan fingerprint density at radius 1 is 1.07 bits per heavy atom. The number of aromatic nitrogens is 3. The molecule has 3 aromatic rings. The number of aromatic hydroxyl groups is 1. The standard InChI is InChI=1S/C18H12ClF6N3O2/c1-28-11(6-13(27-28)18(23,24)25)15-16(29)14(12(30-2)7-26-15)8-3-4-10(19)9(5-8)17(20,21)22/h3-7,29H,1-2H3. The van der Waals surface area contributed by atoms with E-state index in [9.17, 15) is 31.4 Å². The normalized spacial score (nSPS) is 12.3. The lowest BCUT2D eigenvalue weighted by molar-refractivity contribution is -0.141. The number of hydrogen-bond acceptors (Lipinski definition) is 4. The van der Waals surface area contributed by atoms with Gasteiger partial charge in [-0.2, -0.15) is 31.4 Å². The van der Waals surface area contributed by atoms with Crippen molar-refractivity contribution in [3.63, 3.8) is 0 Å². The predicted octanol–water partition coefficient (Wildman–Crippen LogP) is 5.55. The van der Waals surface area contributed by atoms with Crippen molar-refractivity contribution in [2.45, 2.75) is 12.4 Å². The van der Waals surface area contributed by atoms with Gasteiger partial charge in [0.15, 0.2) is 11.4 Å². The molecule has 1 N–H and O–H groups in total. The Morgan fingerprint density at radius 3 is 2.27 bits per heavy atom. The molecule has 0 aliphatic rings. The van der Waals surface area contributed by atoms with Crippen molar-refractivity contribution in [2.75, 3.05) is 7.11 Å². The quantitative estimate of drug-likeness (QED) is 0.530. The van der Waals surface area contributed by atoms with Gasteiger partial charge in [0, 0.05) is 7.05 Å². The summed E-state index contributed by atoms with van der Waals surface area (Å²) in [5, 5.41) is 13.5. The summed E-state index contributed by atoms with van der Waals surface area (Å²) >= 11 is 5.63. The van der Waals surface area contributed by atoms with Gasteiger partial charge in [-0.25, -0.2) is 4.98 Å². The molecule has 0 saturated carbocycles. The van der Waals surface area contributed by atoms with E-state index in [2.05, 4.69) is 10.1 Å². The van der Waals surface area contributed by atoms with Gasteiger partial charge in [0.05, 0.1) is 35.2 Å². The number of halogens is 7. The number of nitrogens with zero attached hydrogens (tertiary/aromatic N) is 3. The van der Waals surface area contributed by atoms with Crippen molar-refractivity contribution in [1.82, 2.24) is 14.8 Å². The zero-order valence-electron chi connectivity index (χ0n) is 15.2. The summed E-state index contributed by atoms with van der Waals surface area (Å²) in [5.41, 5.74) is -3.21. The average molecular weight is 452 g/mol. The van der Waals surface area contributed by atoms with Gasteiger partial charge >= 0.3 is 12.4 Å². The molecule has 0 aliphatic heterocycles. The molecular formula is C18H12ClF6N3O2. The van der Waals surface area contributed by atoms with Crippen molar-refractivity contribution < 1.29 is 36.2 Å². The Balaban J connectivity index is 2.25. The fourth-order valence-electron chi connectivity index (χ4n) is 2.83. The maximum atomic E-state index is 13.2. The van der Waals surface area contributed by atoms with Gasteiger partial charge in [0.25, 0.3) is 0 Å². The van der Waals surface area contributed by atoms with E-state index < -0.39 is 34.4 Å². The van der Waals surface area contributed by atoms with Crippen LogP contribution in [0.5, 0.6) is 11.5 Å². The van der Waals surface area contributed by atoms with Gasteiger partial charge in [0.1, 0.15) is 11.4 Å². The highest BCUT2D eigenvalue weighted by molar-refractivity contribution is 6.31. The number of alkyl halides is 6. The second kappa shape index (κ2) is 7.38. The first-order chi connectivity index (χ1) is 13.8. The average Bonchev–Trinajstić information content (AvgIpc) is 3.03. The largest absolute Gasteiger partial charge is 0.505 e. The third-order valence-corrected chi connectivity index (χ3v) is 4.54. The summed E-state index contributed by atoms with van der Waals surface area (Å²) in [7, 11) is 2.41. The number of ether oxygens (including phenoxy) is 1. The molecule has 0 amide bonds. The van der Waals surface area contributed by atoms with Crippen LogP contribution in [0.1, 0.15) is 11.3 Å². The van der Waals surface area contributed by atoms with E-state index in [4.69, 9.17) is 16.3 Å². The smallest absolute Gasteiger partial charge is 0.435 e. The number of pyridine rings is 1. The Morgan fingerprint density at radius 2 is 1.73 bits per heavy atom. The highest BCUT2D eigenvalue weighted by Gasteiger charge is 2.36.